The van der Waals surface area contributed by atoms with Crippen LogP contribution >= 0.6 is 0 Å². The van der Waals surface area contributed by atoms with Crippen molar-refractivity contribution >= 4 is 17.0 Å². The van der Waals surface area contributed by atoms with Crippen LogP contribution < -0.4 is 0 Å². The van der Waals surface area contributed by atoms with E-state index in [0.29, 0.717) is 5.52 Å². The van der Waals surface area contributed by atoms with Gasteiger partial charge in [0.2, 0.25) is 0 Å². The number of carboxylic acids is 1. The number of benzene rings is 1. The average Bonchev–Trinajstić information content (AvgIpc) is 2.82. The third kappa shape index (κ3) is 2.27. The lowest BCUT2D eigenvalue weighted by atomic mass is 10.1. The topological polar surface area (TPSA) is 68.0 Å². The molecule has 0 amide bonds. The molecule has 106 valence electrons. The zero-order valence-corrected chi connectivity index (χ0v) is 11.8. The molecule has 0 aliphatic rings. The van der Waals surface area contributed by atoms with E-state index in [-0.39, 0.29) is 11.6 Å². The van der Waals surface area contributed by atoms with Gasteiger partial charge in [0.05, 0.1) is 22.6 Å². The van der Waals surface area contributed by atoms with E-state index in [4.69, 9.17) is 5.11 Å². The van der Waals surface area contributed by atoms with Crippen LogP contribution in [0.2, 0.25) is 0 Å². The van der Waals surface area contributed by atoms with Gasteiger partial charge in [-0.1, -0.05) is 6.07 Å². The summed E-state index contributed by atoms with van der Waals surface area (Å²) in [6, 6.07) is 9.04. The predicted molar refractivity (Wildman–Crippen MR) is 79.5 cm³/mol. The van der Waals surface area contributed by atoms with Gasteiger partial charge in [0.15, 0.2) is 0 Å². The first-order valence-corrected chi connectivity index (χ1v) is 6.69. The highest BCUT2D eigenvalue weighted by Gasteiger charge is 2.16. The van der Waals surface area contributed by atoms with Crippen LogP contribution in [0.25, 0.3) is 11.0 Å². The van der Waals surface area contributed by atoms with Crippen molar-refractivity contribution in [1.29, 1.82) is 0 Å². The summed E-state index contributed by atoms with van der Waals surface area (Å²) in [5, 5.41) is 9.06. The number of nitrogens with zero attached hydrogens (tertiary/aromatic N) is 3. The number of hydrogen-bond donors (Lipinski definition) is 1. The smallest absolute Gasteiger partial charge is 0.335 e. The summed E-state index contributed by atoms with van der Waals surface area (Å²) in [6.07, 6.45) is 3.58. The van der Waals surface area contributed by atoms with Crippen LogP contribution in [0.15, 0.2) is 42.7 Å². The molecule has 0 spiro atoms. The molecule has 5 heteroatoms. The Morgan fingerprint density at radius 1 is 1.33 bits per heavy atom. The van der Waals surface area contributed by atoms with Gasteiger partial charge < -0.3 is 9.67 Å². The summed E-state index contributed by atoms with van der Waals surface area (Å²) < 4.78 is 2.10. The molecule has 0 saturated heterocycles. The third-order valence-electron chi connectivity index (χ3n) is 3.67. The zero-order valence-electron chi connectivity index (χ0n) is 11.8. The van der Waals surface area contributed by atoms with Gasteiger partial charge in [-0.05, 0) is 43.7 Å². The Morgan fingerprint density at radius 3 is 2.81 bits per heavy atom. The van der Waals surface area contributed by atoms with Gasteiger partial charge in [-0.15, -0.1) is 0 Å². The van der Waals surface area contributed by atoms with E-state index in [1.54, 1.807) is 18.3 Å². The summed E-state index contributed by atoms with van der Waals surface area (Å²) in [4.78, 5) is 19.7. The molecule has 1 N–H and O–H groups in total. The number of carbonyl (C=O) groups is 1. The quantitative estimate of drug-likeness (QED) is 0.801. The molecule has 0 bridgehead atoms. The number of imidazole rings is 1. The Balaban J connectivity index is 2.15. The summed E-state index contributed by atoms with van der Waals surface area (Å²) in [7, 11) is 0. The van der Waals surface area contributed by atoms with E-state index in [2.05, 4.69) is 21.5 Å². The van der Waals surface area contributed by atoms with Crippen LogP contribution in [-0.4, -0.2) is 25.6 Å². The Bertz CT molecular complexity index is 809. The summed E-state index contributed by atoms with van der Waals surface area (Å²) >= 11 is 0. The normalized spacial score (nSPS) is 12.5. The number of fused-ring (bicyclic) bond motifs is 1. The fourth-order valence-corrected chi connectivity index (χ4v) is 2.61. The molecule has 3 rings (SSSR count). The van der Waals surface area contributed by atoms with Crippen LogP contribution in [0.3, 0.4) is 0 Å². The molecule has 5 nitrogen and oxygen atoms in total. The van der Waals surface area contributed by atoms with E-state index in [0.717, 1.165) is 16.9 Å². The Morgan fingerprint density at radius 2 is 2.14 bits per heavy atom. The number of rotatable bonds is 3. The standard InChI is InChI=1S/C16H15N3O2/c1-10(13-4-3-7-17-9-13)19-11(2)18-14-8-12(16(20)21)5-6-15(14)19/h3-10H,1-2H3,(H,20,21). The maximum atomic E-state index is 11.0. The fourth-order valence-electron chi connectivity index (χ4n) is 2.61. The van der Waals surface area contributed by atoms with Gasteiger partial charge in [0.1, 0.15) is 5.82 Å². The lowest BCUT2D eigenvalue weighted by molar-refractivity contribution is 0.0697. The first kappa shape index (κ1) is 13.3. The molecular formula is C16H15N3O2. The first-order chi connectivity index (χ1) is 10.1. The second-order valence-corrected chi connectivity index (χ2v) is 5.00. The third-order valence-corrected chi connectivity index (χ3v) is 3.67. The van der Waals surface area contributed by atoms with Gasteiger partial charge in [-0.25, -0.2) is 9.78 Å². The van der Waals surface area contributed by atoms with Crippen molar-refractivity contribution in [3.05, 3.63) is 59.7 Å². The van der Waals surface area contributed by atoms with Crippen LogP contribution in [0, 0.1) is 6.92 Å². The molecule has 0 aliphatic carbocycles. The van der Waals surface area contributed by atoms with Crippen molar-refractivity contribution < 1.29 is 9.90 Å². The minimum Gasteiger partial charge on any atom is -0.478 e. The molecule has 0 saturated carbocycles. The molecule has 0 fully saturated rings. The number of aryl methyl sites for hydroxylation is 1. The molecule has 2 aromatic heterocycles. The monoisotopic (exact) mass is 281 g/mol. The first-order valence-electron chi connectivity index (χ1n) is 6.69. The number of pyridine rings is 1. The highest BCUT2D eigenvalue weighted by molar-refractivity contribution is 5.92. The minimum absolute atomic E-state index is 0.0828. The van der Waals surface area contributed by atoms with Gasteiger partial charge in [0, 0.05) is 12.4 Å². The molecule has 0 radical (unpaired) electrons. The van der Waals surface area contributed by atoms with Crippen LogP contribution in [0.5, 0.6) is 0 Å². The minimum atomic E-state index is -0.940. The van der Waals surface area contributed by atoms with Crippen molar-refractivity contribution in [2.45, 2.75) is 19.9 Å². The SMILES string of the molecule is Cc1nc2cc(C(=O)O)ccc2n1C(C)c1cccnc1. The van der Waals surface area contributed by atoms with Gasteiger partial charge in [-0.3, -0.25) is 4.98 Å². The van der Waals surface area contributed by atoms with Crippen molar-refractivity contribution in [3.8, 4) is 0 Å². The number of hydrogen-bond acceptors (Lipinski definition) is 3. The lowest BCUT2D eigenvalue weighted by Gasteiger charge is -2.16. The second kappa shape index (κ2) is 5.01. The molecule has 0 aliphatic heterocycles. The maximum absolute atomic E-state index is 11.0. The van der Waals surface area contributed by atoms with E-state index < -0.39 is 5.97 Å². The molecule has 21 heavy (non-hydrogen) atoms. The van der Waals surface area contributed by atoms with E-state index in [1.807, 2.05) is 31.3 Å². The lowest BCUT2D eigenvalue weighted by Crippen LogP contribution is -2.08. The highest BCUT2D eigenvalue weighted by Crippen LogP contribution is 2.26. The summed E-state index contributed by atoms with van der Waals surface area (Å²) in [6.45, 7) is 4.00. The van der Waals surface area contributed by atoms with Crippen molar-refractivity contribution in [2.24, 2.45) is 0 Å². The van der Waals surface area contributed by atoms with Crippen molar-refractivity contribution in [1.82, 2.24) is 14.5 Å². The van der Waals surface area contributed by atoms with Crippen molar-refractivity contribution in [3.63, 3.8) is 0 Å². The molecule has 1 unspecified atom stereocenters. The largest absolute Gasteiger partial charge is 0.478 e. The number of carboxylic acid groups (broad SMARTS) is 1. The van der Waals surface area contributed by atoms with Crippen molar-refractivity contribution in [2.75, 3.05) is 0 Å². The molecule has 1 atom stereocenters. The highest BCUT2D eigenvalue weighted by atomic mass is 16.4. The zero-order chi connectivity index (χ0) is 15.0. The van der Waals surface area contributed by atoms with Gasteiger partial charge >= 0.3 is 5.97 Å². The Labute approximate surface area is 121 Å². The molecule has 2 heterocycles. The summed E-state index contributed by atoms with van der Waals surface area (Å²) in [5.74, 6) is -0.0895. The van der Waals surface area contributed by atoms with Gasteiger partial charge in [-0.2, -0.15) is 0 Å². The van der Waals surface area contributed by atoms with Crippen LogP contribution in [0.4, 0.5) is 0 Å². The van der Waals surface area contributed by atoms with E-state index >= 15 is 0 Å². The fraction of sp³-hybridized carbons (Fsp3) is 0.188. The Kier molecular flexibility index (Phi) is 3.17. The average molecular weight is 281 g/mol. The predicted octanol–water partition coefficient (Wildman–Crippen LogP) is 3.05. The number of aromatic nitrogens is 3. The molecular weight excluding hydrogens is 266 g/mol. The molecule has 3 aromatic rings. The van der Waals surface area contributed by atoms with E-state index in [1.165, 1.54) is 0 Å². The summed E-state index contributed by atoms with van der Waals surface area (Å²) in [5.41, 5.74) is 2.96. The molecule has 1 aromatic carbocycles. The van der Waals surface area contributed by atoms with Gasteiger partial charge in [0.25, 0.3) is 0 Å². The van der Waals surface area contributed by atoms with Crippen LogP contribution in [0.1, 0.15) is 34.7 Å². The van der Waals surface area contributed by atoms with Crippen LogP contribution in [-0.2, 0) is 0 Å². The number of aromatic carboxylic acids is 1. The second-order valence-electron chi connectivity index (χ2n) is 5.00. The van der Waals surface area contributed by atoms with E-state index in [9.17, 15) is 4.79 Å². The Hall–Kier alpha value is -2.69. The maximum Gasteiger partial charge on any atom is 0.335 e.